The van der Waals surface area contributed by atoms with E-state index in [1.165, 1.54) is 6.42 Å². The molecule has 0 aromatic carbocycles. The summed E-state index contributed by atoms with van der Waals surface area (Å²) in [6.07, 6.45) is 6.49. The van der Waals surface area contributed by atoms with Crippen molar-refractivity contribution in [1.29, 1.82) is 0 Å². The molecule has 2 atom stereocenters. The number of aryl methyl sites for hydroxylation is 1. The molecule has 1 aliphatic carbocycles. The van der Waals surface area contributed by atoms with E-state index >= 15 is 0 Å². The first-order valence-electron chi connectivity index (χ1n) is 7.68. The Bertz CT molecular complexity index is 562. The first kappa shape index (κ1) is 14.1. The number of carbonyl (C=O) groups excluding carboxylic acids is 2. The maximum atomic E-state index is 12.6. The molecule has 6 heteroatoms. The zero-order chi connectivity index (χ0) is 15.0. The van der Waals surface area contributed by atoms with Gasteiger partial charge in [0.2, 0.25) is 5.91 Å². The third-order valence-corrected chi connectivity index (χ3v) is 4.72. The second kappa shape index (κ2) is 5.50. The first-order valence-corrected chi connectivity index (χ1v) is 7.68. The predicted molar refractivity (Wildman–Crippen MR) is 77.9 cm³/mol. The maximum absolute atomic E-state index is 12.6. The van der Waals surface area contributed by atoms with Crippen LogP contribution in [0.25, 0.3) is 0 Å². The van der Waals surface area contributed by atoms with Gasteiger partial charge in [-0.05, 0) is 32.1 Å². The zero-order valence-electron chi connectivity index (χ0n) is 12.6. The second-order valence-electron chi connectivity index (χ2n) is 6.17. The van der Waals surface area contributed by atoms with Crippen molar-refractivity contribution >= 4 is 11.8 Å². The lowest BCUT2D eigenvalue weighted by Gasteiger charge is -2.31. The van der Waals surface area contributed by atoms with E-state index in [9.17, 15) is 9.59 Å². The molecule has 1 aromatic rings. The highest BCUT2D eigenvalue weighted by atomic mass is 16.2. The van der Waals surface area contributed by atoms with E-state index in [1.807, 2.05) is 20.2 Å². The summed E-state index contributed by atoms with van der Waals surface area (Å²) < 4.78 is 1.66. The van der Waals surface area contributed by atoms with Crippen LogP contribution in [0, 0.1) is 0 Å². The number of amides is 2. The van der Waals surface area contributed by atoms with Crippen LogP contribution >= 0.6 is 0 Å². The van der Waals surface area contributed by atoms with E-state index in [2.05, 4.69) is 15.7 Å². The highest BCUT2D eigenvalue weighted by molar-refractivity contribution is 5.94. The molecule has 1 saturated carbocycles. The van der Waals surface area contributed by atoms with Crippen molar-refractivity contribution in [3.8, 4) is 0 Å². The summed E-state index contributed by atoms with van der Waals surface area (Å²) in [5, 5.41) is 10.2. The average Bonchev–Trinajstić information content (AvgIpc) is 2.72. The highest BCUT2D eigenvalue weighted by Gasteiger charge is 2.31. The van der Waals surface area contributed by atoms with Gasteiger partial charge in [0.25, 0.3) is 5.91 Å². The van der Waals surface area contributed by atoms with Gasteiger partial charge in [0.1, 0.15) is 5.69 Å². The van der Waals surface area contributed by atoms with Crippen LogP contribution in [0.3, 0.4) is 0 Å². The molecule has 21 heavy (non-hydrogen) atoms. The molecule has 0 spiro atoms. The van der Waals surface area contributed by atoms with Crippen LogP contribution in [0.15, 0.2) is 6.20 Å². The third-order valence-electron chi connectivity index (χ3n) is 4.72. The molecule has 2 aliphatic rings. The molecule has 0 radical (unpaired) electrons. The predicted octanol–water partition coefficient (Wildman–Crippen LogP) is 1.08. The number of hydrogen-bond donors (Lipinski definition) is 2. The van der Waals surface area contributed by atoms with Crippen LogP contribution in [0.1, 0.15) is 61.0 Å². The molecule has 2 N–H and O–H groups in total. The van der Waals surface area contributed by atoms with Crippen LogP contribution < -0.4 is 10.6 Å². The van der Waals surface area contributed by atoms with Gasteiger partial charge in [-0.15, -0.1) is 0 Å². The van der Waals surface area contributed by atoms with Crippen molar-refractivity contribution in [3.63, 3.8) is 0 Å². The quantitative estimate of drug-likeness (QED) is 0.874. The Morgan fingerprint density at radius 2 is 2.19 bits per heavy atom. The molecule has 3 rings (SSSR count). The standard InChI is InChI=1S/C15H22N4O2/c1-9-12(6-7-13(20)17-9)18-15(21)14-11(8-16-19(14)2)10-4-3-5-10/h8-10,12H,3-7H2,1-2H3,(H,17,20)(H,18,21). The Morgan fingerprint density at radius 1 is 1.43 bits per heavy atom. The van der Waals surface area contributed by atoms with Gasteiger partial charge in [0.05, 0.1) is 6.20 Å². The molecule has 2 unspecified atom stereocenters. The summed E-state index contributed by atoms with van der Waals surface area (Å²) in [7, 11) is 1.81. The summed E-state index contributed by atoms with van der Waals surface area (Å²) in [6.45, 7) is 1.93. The molecule has 6 nitrogen and oxygen atoms in total. The number of hydrogen-bond acceptors (Lipinski definition) is 3. The smallest absolute Gasteiger partial charge is 0.270 e. The molecule has 2 amide bonds. The van der Waals surface area contributed by atoms with E-state index in [1.54, 1.807) is 4.68 Å². The summed E-state index contributed by atoms with van der Waals surface area (Å²) >= 11 is 0. The molecular weight excluding hydrogens is 268 g/mol. The number of aromatic nitrogens is 2. The Kier molecular flexibility index (Phi) is 3.69. The summed E-state index contributed by atoms with van der Waals surface area (Å²) in [5.74, 6) is 0.455. The van der Waals surface area contributed by atoms with Crippen molar-refractivity contribution in [3.05, 3.63) is 17.5 Å². The minimum Gasteiger partial charge on any atom is -0.352 e. The number of carbonyl (C=O) groups is 2. The lowest BCUT2D eigenvalue weighted by Crippen LogP contribution is -2.54. The fourth-order valence-electron chi connectivity index (χ4n) is 3.15. The van der Waals surface area contributed by atoms with Crippen molar-refractivity contribution < 1.29 is 9.59 Å². The summed E-state index contributed by atoms with van der Waals surface area (Å²) in [6, 6.07) is -0.0464. The maximum Gasteiger partial charge on any atom is 0.270 e. The Labute approximate surface area is 124 Å². The first-order chi connectivity index (χ1) is 10.1. The molecule has 1 saturated heterocycles. The Hall–Kier alpha value is -1.85. The summed E-state index contributed by atoms with van der Waals surface area (Å²) in [5.41, 5.74) is 1.73. The van der Waals surface area contributed by atoms with Gasteiger partial charge in [-0.3, -0.25) is 14.3 Å². The van der Waals surface area contributed by atoms with E-state index in [0.717, 1.165) is 18.4 Å². The molecule has 2 fully saturated rings. The van der Waals surface area contributed by atoms with Crippen molar-refractivity contribution in [2.75, 3.05) is 0 Å². The number of rotatable bonds is 3. The van der Waals surface area contributed by atoms with Gasteiger partial charge in [-0.1, -0.05) is 6.42 Å². The SMILES string of the molecule is CC1NC(=O)CCC1NC(=O)c1c(C2CCC2)cnn1C. The Balaban J connectivity index is 1.73. The largest absolute Gasteiger partial charge is 0.352 e. The third kappa shape index (κ3) is 2.66. The Morgan fingerprint density at radius 3 is 2.81 bits per heavy atom. The van der Waals surface area contributed by atoms with Gasteiger partial charge in [0.15, 0.2) is 0 Å². The zero-order valence-corrected chi connectivity index (χ0v) is 12.6. The molecule has 1 aliphatic heterocycles. The van der Waals surface area contributed by atoms with Crippen molar-refractivity contribution in [1.82, 2.24) is 20.4 Å². The van der Waals surface area contributed by atoms with Gasteiger partial charge in [0, 0.05) is 31.1 Å². The van der Waals surface area contributed by atoms with Gasteiger partial charge in [-0.2, -0.15) is 5.10 Å². The lowest BCUT2D eigenvalue weighted by atomic mass is 9.80. The van der Waals surface area contributed by atoms with Crippen molar-refractivity contribution in [2.24, 2.45) is 7.05 Å². The van der Waals surface area contributed by atoms with Crippen molar-refractivity contribution in [2.45, 2.75) is 57.0 Å². The summed E-state index contributed by atoms with van der Waals surface area (Å²) in [4.78, 5) is 23.9. The van der Waals surface area contributed by atoms with E-state index in [0.29, 0.717) is 24.5 Å². The molecule has 2 heterocycles. The number of piperidine rings is 1. The van der Waals surface area contributed by atoms with Crippen LogP contribution in [0.2, 0.25) is 0 Å². The van der Waals surface area contributed by atoms with Crippen LogP contribution in [-0.2, 0) is 11.8 Å². The van der Waals surface area contributed by atoms with Crippen LogP contribution in [0.5, 0.6) is 0 Å². The number of nitrogens with zero attached hydrogens (tertiary/aromatic N) is 2. The molecule has 114 valence electrons. The molecule has 0 bridgehead atoms. The molecule has 1 aromatic heterocycles. The monoisotopic (exact) mass is 290 g/mol. The second-order valence-corrected chi connectivity index (χ2v) is 6.17. The van der Waals surface area contributed by atoms with Gasteiger partial charge < -0.3 is 10.6 Å². The van der Waals surface area contributed by atoms with Gasteiger partial charge in [-0.25, -0.2) is 0 Å². The van der Waals surface area contributed by atoms with Crippen LogP contribution in [-0.4, -0.2) is 33.7 Å². The molecular formula is C15H22N4O2. The highest BCUT2D eigenvalue weighted by Crippen LogP contribution is 2.37. The average molecular weight is 290 g/mol. The van der Waals surface area contributed by atoms with Gasteiger partial charge >= 0.3 is 0 Å². The van der Waals surface area contributed by atoms with E-state index in [4.69, 9.17) is 0 Å². The van der Waals surface area contributed by atoms with Crippen LogP contribution in [0.4, 0.5) is 0 Å². The topological polar surface area (TPSA) is 76.0 Å². The number of nitrogens with one attached hydrogen (secondary N) is 2. The van der Waals surface area contributed by atoms with E-state index < -0.39 is 0 Å². The fourth-order valence-corrected chi connectivity index (χ4v) is 3.15. The normalized spacial score (nSPS) is 26.1. The lowest BCUT2D eigenvalue weighted by molar-refractivity contribution is -0.123. The minimum atomic E-state index is -0.0788. The van der Waals surface area contributed by atoms with E-state index in [-0.39, 0.29) is 23.9 Å². The fraction of sp³-hybridized carbons (Fsp3) is 0.667. The minimum absolute atomic E-state index is 0.0145.